The van der Waals surface area contributed by atoms with Crippen LogP contribution in [0.3, 0.4) is 0 Å². The molecule has 0 radical (unpaired) electrons. The summed E-state index contributed by atoms with van der Waals surface area (Å²) in [6.45, 7) is 0. The Labute approximate surface area is 157 Å². The van der Waals surface area contributed by atoms with Crippen molar-refractivity contribution in [3.63, 3.8) is 0 Å². The van der Waals surface area contributed by atoms with Crippen LogP contribution in [-0.4, -0.2) is 23.9 Å². The van der Waals surface area contributed by atoms with Gasteiger partial charge in [-0.1, -0.05) is 18.2 Å². The summed E-state index contributed by atoms with van der Waals surface area (Å²) >= 11 is 0. The van der Waals surface area contributed by atoms with Gasteiger partial charge in [-0.2, -0.15) is 0 Å². The number of pyridine rings is 1. The number of aromatic nitrogens is 1. The molecular formula is C21H19N3O3. The first-order valence-corrected chi connectivity index (χ1v) is 8.38. The van der Waals surface area contributed by atoms with Crippen molar-refractivity contribution in [2.45, 2.75) is 6.42 Å². The third-order valence-electron chi connectivity index (χ3n) is 3.83. The SMILES string of the molecule is COc1cccc(CC(=O)Nc2cccc(NC(=O)c3cccnc3)c2)c1. The average Bonchev–Trinajstić information content (AvgIpc) is 2.69. The van der Waals surface area contributed by atoms with Crippen molar-refractivity contribution in [3.05, 3.63) is 84.2 Å². The number of benzene rings is 2. The van der Waals surface area contributed by atoms with Crippen LogP contribution in [-0.2, 0) is 11.2 Å². The number of nitrogens with one attached hydrogen (secondary N) is 2. The van der Waals surface area contributed by atoms with E-state index in [2.05, 4.69) is 15.6 Å². The molecule has 0 spiro atoms. The van der Waals surface area contributed by atoms with Crippen LogP contribution in [0.25, 0.3) is 0 Å². The smallest absolute Gasteiger partial charge is 0.257 e. The molecule has 2 aromatic carbocycles. The van der Waals surface area contributed by atoms with E-state index in [1.165, 1.54) is 6.20 Å². The van der Waals surface area contributed by atoms with Crippen LogP contribution >= 0.6 is 0 Å². The van der Waals surface area contributed by atoms with E-state index in [1.54, 1.807) is 49.7 Å². The number of amides is 2. The lowest BCUT2D eigenvalue weighted by atomic mass is 10.1. The monoisotopic (exact) mass is 361 g/mol. The highest BCUT2D eigenvalue weighted by Crippen LogP contribution is 2.17. The molecule has 2 N–H and O–H groups in total. The number of methoxy groups -OCH3 is 1. The average molecular weight is 361 g/mol. The molecule has 0 fully saturated rings. The van der Waals surface area contributed by atoms with Gasteiger partial charge in [-0.3, -0.25) is 14.6 Å². The molecule has 6 nitrogen and oxygen atoms in total. The molecule has 0 unspecified atom stereocenters. The van der Waals surface area contributed by atoms with E-state index in [0.717, 1.165) is 5.56 Å². The molecule has 27 heavy (non-hydrogen) atoms. The minimum Gasteiger partial charge on any atom is -0.497 e. The molecule has 0 bridgehead atoms. The summed E-state index contributed by atoms with van der Waals surface area (Å²) in [7, 11) is 1.59. The molecule has 6 heteroatoms. The van der Waals surface area contributed by atoms with Gasteiger partial charge in [0.25, 0.3) is 5.91 Å². The third kappa shape index (κ3) is 5.15. The summed E-state index contributed by atoms with van der Waals surface area (Å²) in [5, 5.41) is 5.63. The lowest BCUT2D eigenvalue weighted by Gasteiger charge is -2.09. The van der Waals surface area contributed by atoms with Gasteiger partial charge in [-0.25, -0.2) is 0 Å². The van der Waals surface area contributed by atoms with Crippen LogP contribution in [0.2, 0.25) is 0 Å². The maximum atomic E-state index is 12.3. The van der Waals surface area contributed by atoms with E-state index in [4.69, 9.17) is 4.74 Å². The molecule has 3 rings (SSSR count). The number of carbonyl (C=O) groups is 2. The molecule has 0 aliphatic carbocycles. The first kappa shape index (κ1) is 18.1. The molecular weight excluding hydrogens is 342 g/mol. The van der Waals surface area contributed by atoms with Gasteiger partial charge < -0.3 is 15.4 Å². The molecule has 136 valence electrons. The molecule has 1 aromatic heterocycles. The Morgan fingerprint density at radius 1 is 0.963 bits per heavy atom. The Bertz CT molecular complexity index is 942. The normalized spacial score (nSPS) is 10.1. The first-order chi connectivity index (χ1) is 13.1. The maximum absolute atomic E-state index is 12.3. The fourth-order valence-electron chi connectivity index (χ4n) is 2.55. The van der Waals surface area contributed by atoms with E-state index in [9.17, 15) is 9.59 Å². The number of hydrogen-bond donors (Lipinski definition) is 2. The second-order valence-corrected chi connectivity index (χ2v) is 5.85. The second-order valence-electron chi connectivity index (χ2n) is 5.85. The minimum absolute atomic E-state index is 0.154. The van der Waals surface area contributed by atoms with Crippen molar-refractivity contribution >= 4 is 23.2 Å². The molecule has 3 aromatic rings. The highest BCUT2D eigenvalue weighted by molar-refractivity contribution is 6.04. The molecule has 0 saturated heterocycles. The predicted molar refractivity (Wildman–Crippen MR) is 104 cm³/mol. The van der Waals surface area contributed by atoms with Crippen molar-refractivity contribution < 1.29 is 14.3 Å². The summed E-state index contributed by atoms with van der Waals surface area (Å²) in [5.74, 6) is 0.294. The highest BCUT2D eigenvalue weighted by Gasteiger charge is 2.08. The van der Waals surface area contributed by atoms with Crippen LogP contribution in [0, 0.1) is 0 Å². The van der Waals surface area contributed by atoms with E-state index in [1.807, 2.05) is 24.3 Å². The van der Waals surface area contributed by atoms with Gasteiger partial charge >= 0.3 is 0 Å². The number of ether oxygens (including phenoxy) is 1. The second kappa shape index (κ2) is 8.62. The van der Waals surface area contributed by atoms with Gasteiger partial charge in [0.15, 0.2) is 0 Å². The number of rotatable bonds is 6. The Kier molecular flexibility index (Phi) is 5.79. The van der Waals surface area contributed by atoms with E-state index in [0.29, 0.717) is 22.7 Å². The Balaban J connectivity index is 1.63. The van der Waals surface area contributed by atoms with Gasteiger partial charge in [-0.15, -0.1) is 0 Å². The standard InChI is InChI=1S/C21H19N3O3/c1-27-19-9-2-5-15(11-19)12-20(25)23-17-7-3-8-18(13-17)24-21(26)16-6-4-10-22-14-16/h2-11,13-14H,12H2,1H3,(H,23,25)(H,24,26). The number of nitrogens with zero attached hydrogens (tertiary/aromatic N) is 1. The molecule has 0 aliphatic heterocycles. The van der Waals surface area contributed by atoms with Crippen LogP contribution in [0.1, 0.15) is 15.9 Å². The number of hydrogen-bond acceptors (Lipinski definition) is 4. The Morgan fingerprint density at radius 3 is 2.48 bits per heavy atom. The van der Waals surface area contributed by atoms with Gasteiger partial charge in [0.05, 0.1) is 19.1 Å². The number of carbonyl (C=O) groups excluding carboxylic acids is 2. The van der Waals surface area contributed by atoms with Crippen LogP contribution in [0.4, 0.5) is 11.4 Å². The van der Waals surface area contributed by atoms with Crippen molar-refractivity contribution in [1.82, 2.24) is 4.98 Å². The fraction of sp³-hybridized carbons (Fsp3) is 0.0952. The summed E-state index contributed by atoms with van der Waals surface area (Å²) < 4.78 is 5.17. The number of anilines is 2. The molecule has 2 amide bonds. The van der Waals surface area contributed by atoms with Crippen LogP contribution < -0.4 is 15.4 Å². The van der Waals surface area contributed by atoms with Gasteiger partial charge in [-0.05, 0) is 48.0 Å². The maximum Gasteiger partial charge on any atom is 0.257 e. The predicted octanol–water partition coefficient (Wildman–Crippen LogP) is 3.52. The van der Waals surface area contributed by atoms with Crippen molar-refractivity contribution in [1.29, 1.82) is 0 Å². The lowest BCUT2D eigenvalue weighted by Crippen LogP contribution is -2.15. The summed E-state index contributed by atoms with van der Waals surface area (Å²) in [6.07, 6.45) is 3.33. The fourth-order valence-corrected chi connectivity index (χ4v) is 2.55. The van der Waals surface area contributed by atoms with Crippen molar-refractivity contribution in [2.24, 2.45) is 0 Å². The zero-order valence-electron chi connectivity index (χ0n) is 14.8. The Hall–Kier alpha value is -3.67. The zero-order valence-corrected chi connectivity index (χ0v) is 14.8. The van der Waals surface area contributed by atoms with E-state index in [-0.39, 0.29) is 18.2 Å². The Morgan fingerprint density at radius 2 is 1.74 bits per heavy atom. The minimum atomic E-state index is -0.261. The summed E-state index contributed by atoms with van der Waals surface area (Å²) in [6, 6.07) is 17.7. The van der Waals surface area contributed by atoms with Gasteiger partial charge in [0.1, 0.15) is 5.75 Å². The van der Waals surface area contributed by atoms with E-state index >= 15 is 0 Å². The molecule has 0 aliphatic rings. The topological polar surface area (TPSA) is 80.3 Å². The third-order valence-corrected chi connectivity index (χ3v) is 3.83. The van der Waals surface area contributed by atoms with Crippen molar-refractivity contribution in [3.8, 4) is 5.75 Å². The highest BCUT2D eigenvalue weighted by atomic mass is 16.5. The molecule has 0 saturated carbocycles. The summed E-state index contributed by atoms with van der Waals surface area (Å²) in [5.41, 5.74) is 2.51. The molecule has 1 heterocycles. The summed E-state index contributed by atoms with van der Waals surface area (Å²) in [4.78, 5) is 28.4. The quantitative estimate of drug-likeness (QED) is 0.704. The zero-order chi connectivity index (χ0) is 19.1. The van der Waals surface area contributed by atoms with Gasteiger partial charge in [0.2, 0.25) is 5.91 Å². The van der Waals surface area contributed by atoms with Crippen molar-refractivity contribution in [2.75, 3.05) is 17.7 Å². The molecule has 0 atom stereocenters. The largest absolute Gasteiger partial charge is 0.497 e. The van der Waals surface area contributed by atoms with Crippen LogP contribution in [0.15, 0.2) is 73.1 Å². The van der Waals surface area contributed by atoms with Crippen LogP contribution in [0.5, 0.6) is 5.75 Å². The first-order valence-electron chi connectivity index (χ1n) is 8.38. The lowest BCUT2D eigenvalue weighted by molar-refractivity contribution is -0.115. The van der Waals surface area contributed by atoms with Gasteiger partial charge in [0, 0.05) is 23.8 Å². The van der Waals surface area contributed by atoms with E-state index < -0.39 is 0 Å².